The highest BCUT2D eigenvalue weighted by Crippen LogP contribution is 2.33. The molecule has 0 aliphatic rings. The lowest BCUT2D eigenvalue weighted by molar-refractivity contribution is 0.107. The third-order valence-electron chi connectivity index (χ3n) is 1.43. The molecule has 14 heavy (non-hydrogen) atoms. The first-order valence-corrected chi connectivity index (χ1v) is 4.06. The highest BCUT2D eigenvalue weighted by atomic mass is 35.5. The SMILES string of the molecule is O=C(Cl)c1c(O)cnc(C(F)F)c1Cl. The monoisotopic (exact) mass is 241 g/mol. The van der Waals surface area contributed by atoms with Gasteiger partial charge < -0.3 is 5.11 Å². The van der Waals surface area contributed by atoms with Gasteiger partial charge in [-0.2, -0.15) is 0 Å². The van der Waals surface area contributed by atoms with Crippen molar-refractivity contribution in [3.05, 3.63) is 22.5 Å². The number of nitrogens with zero attached hydrogens (tertiary/aromatic N) is 1. The van der Waals surface area contributed by atoms with Crippen LogP contribution < -0.4 is 0 Å². The van der Waals surface area contributed by atoms with Gasteiger partial charge in [-0.1, -0.05) is 11.6 Å². The number of pyridine rings is 1. The van der Waals surface area contributed by atoms with Crippen molar-refractivity contribution in [2.45, 2.75) is 6.43 Å². The van der Waals surface area contributed by atoms with Crippen LogP contribution in [0.5, 0.6) is 5.75 Å². The van der Waals surface area contributed by atoms with E-state index in [1.165, 1.54) is 0 Å². The molecule has 0 fully saturated rings. The maximum atomic E-state index is 12.2. The van der Waals surface area contributed by atoms with Crippen LogP contribution in [0.25, 0.3) is 0 Å². The van der Waals surface area contributed by atoms with Crippen LogP contribution in [0.3, 0.4) is 0 Å². The molecule has 7 heteroatoms. The average molecular weight is 242 g/mol. The minimum absolute atomic E-state index is 0.557. The van der Waals surface area contributed by atoms with Crippen LogP contribution in [-0.4, -0.2) is 15.3 Å². The van der Waals surface area contributed by atoms with Crippen molar-refractivity contribution >= 4 is 28.4 Å². The zero-order chi connectivity index (χ0) is 10.9. The quantitative estimate of drug-likeness (QED) is 0.811. The van der Waals surface area contributed by atoms with E-state index in [2.05, 4.69) is 4.98 Å². The summed E-state index contributed by atoms with van der Waals surface area (Å²) in [7, 11) is 0. The summed E-state index contributed by atoms with van der Waals surface area (Å²) in [4.78, 5) is 13.9. The summed E-state index contributed by atoms with van der Waals surface area (Å²) >= 11 is 10.4. The molecule has 0 aliphatic heterocycles. The van der Waals surface area contributed by atoms with Gasteiger partial charge in [-0.05, 0) is 11.6 Å². The molecular formula is C7H3Cl2F2NO2. The van der Waals surface area contributed by atoms with Crippen LogP contribution in [0, 0.1) is 0 Å². The van der Waals surface area contributed by atoms with Crippen molar-refractivity contribution in [2.75, 3.05) is 0 Å². The van der Waals surface area contributed by atoms with Gasteiger partial charge in [0.05, 0.1) is 16.8 Å². The number of alkyl halides is 2. The number of aromatic nitrogens is 1. The van der Waals surface area contributed by atoms with E-state index >= 15 is 0 Å². The van der Waals surface area contributed by atoms with E-state index in [1.807, 2.05) is 0 Å². The Bertz CT molecular complexity index is 384. The van der Waals surface area contributed by atoms with Crippen LogP contribution in [-0.2, 0) is 0 Å². The molecule has 0 amide bonds. The fraction of sp³-hybridized carbons (Fsp3) is 0.143. The fourth-order valence-corrected chi connectivity index (χ4v) is 1.39. The molecule has 3 nitrogen and oxygen atoms in total. The van der Waals surface area contributed by atoms with Crippen LogP contribution in [0.15, 0.2) is 6.20 Å². The first kappa shape index (κ1) is 11.1. The van der Waals surface area contributed by atoms with E-state index in [9.17, 15) is 13.6 Å². The number of rotatable bonds is 2. The fourth-order valence-electron chi connectivity index (χ4n) is 0.832. The van der Waals surface area contributed by atoms with Crippen molar-refractivity contribution in [3.63, 3.8) is 0 Å². The number of halogens is 4. The Morgan fingerprint density at radius 1 is 1.57 bits per heavy atom. The molecule has 76 valence electrons. The molecule has 1 heterocycles. The normalized spacial score (nSPS) is 10.6. The van der Waals surface area contributed by atoms with Gasteiger partial charge in [0.1, 0.15) is 11.4 Å². The van der Waals surface area contributed by atoms with E-state index in [0.29, 0.717) is 6.20 Å². The molecule has 1 aromatic heterocycles. The van der Waals surface area contributed by atoms with Gasteiger partial charge >= 0.3 is 0 Å². The summed E-state index contributed by atoms with van der Waals surface area (Å²) in [6, 6.07) is 0. The van der Waals surface area contributed by atoms with Gasteiger partial charge in [-0.25, -0.2) is 13.8 Å². The Hall–Kier alpha value is -0.940. The van der Waals surface area contributed by atoms with Gasteiger partial charge in [0.25, 0.3) is 11.7 Å². The molecule has 0 atom stereocenters. The molecule has 0 saturated carbocycles. The maximum absolute atomic E-state index is 12.2. The Kier molecular flexibility index (Phi) is 3.23. The molecule has 0 spiro atoms. The third-order valence-corrected chi connectivity index (χ3v) is 2.00. The van der Waals surface area contributed by atoms with Gasteiger partial charge in [0.15, 0.2) is 0 Å². The van der Waals surface area contributed by atoms with Crippen LogP contribution >= 0.6 is 23.2 Å². The van der Waals surface area contributed by atoms with E-state index in [4.69, 9.17) is 28.3 Å². The van der Waals surface area contributed by atoms with E-state index in [0.717, 1.165) is 0 Å². The second-order valence-electron chi connectivity index (χ2n) is 2.29. The molecule has 0 saturated heterocycles. The molecular weight excluding hydrogens is 239 g/mol. The summed E-state index contributed by atoms with van der Waals surface area (Å²) in [5, 5.41) is 7.33. The second kappa shape index (κ2) is 4.06. The molecule has 1 rings (SSSR count). The van der Waals surface area contributed by atoms with Crippen molar-refractivity contribution in [1.82, 2.24) is 4.98 Å². The number of hydrogen-bond acceptors (Lipinski definition) is 3. The summed E-state index contributed by atoms with van der Waals surface area (Å²) < 4.78 is 24.4. The first-order valence-electron chi connectivity index (χ1n) is 3.30. The number of carbonyl (C=O) groups excluding carboxylic acids is 1. The Balaban J connectivity index is 3.41. The van der Waals surface area contributed by atoms with Gasteiger partial charge in [0.2, 0.25) is 0 Å². The molecule has 0 bridgehead atoms. The molecule has 1 aromatic rings. The zero-order valence-electron chi connectivity index (χ0n) is 6.47. The van der Waals surface area contributed by atoms with Crippen LogP contribution in [0.1, 0.15) is 22.5 Å². The minimum atomic E-state index is -2.93. The molecule has 0 aliphatic carbocycles. The lowest BCUT2D eigenvalue weighted by Crippen LogP contribution is -1.99. The number of aromatic hydroxyl groups is 1. The Morgan fingerprint density at radius 3 is 2.57 bits per heavy atom. The second-order valence-corrected chi connectivity index (χ2v) is 3.01. The Labute approximate surface area is 87.3 Å². The summed E-state index contributed by atoms with van der Waals surface area (Å²) in [6.07, 6.45) is -2.24. The summed E-state index contributed by atoms with van der Waals surface area (Å²) in [6.45, 7) is 0. The molecule has 0 aromatic carbocycles. The molecule has 1 N–H and O–H groups in total. The highest BCUT2D eigenvalue weighted by Gasteiger charge is 2.22. The Morgan fingerprint density at radius 2 is 2.14 bits per heavy atom. The van der Waals surface area contributed by atoms with Gasteiger partial charge in [-0.15, -0.1) is 0 Å². The van der Waals surface area contributed by atoms with E-state index < -0.39 is 33.7 Å². The smallest absolute Gasteiger partial charge is 0.281 e. The van der Waals surface area contributed by atoms with Gasteiger partial charge in [-0.3, -0.25) is 4.79 Å². The lowest BCUT2D eigenvalue weighted by atomic mass is 10.2. The van der Waals surface area contributed by atoms with Gasteiger partial charge in [0, 0.05) is 0 Å². The van der Waals surface area contributed by atoms with Crippen LogP contribution in [0.2, 0.25) is 5.02 Å². The lowest BCUT2D eigenvalue weighted by Gasteiger charge is -2.06. The highest BCUT2D eigenvalue weighted by molar-refractivity contribution is 6.69. The predicted molar refractivity (Wildman–Crippen MR) is 46.1 cm³/mol. The van der Waals surface area contributed by atoms with Crippen molar-refractivity contribution in [1.29, 1.82) is 0 Å². The summed E-state index contributed by atoms with van der Waals surface area (Å²) in [5.74, 6) is -0.626. The standard InChI is InChI=1S/C7H3Cl2F2NO2/c8-4-3(6(9)14)2(13)1-12-5(4)7(10)11/h1,7,13H. The largest absolute Gasteiger partial charge is 0.505 e. The van der Waals surface area contributed by atoms with Crippen LogP contribution in [0.4, 0.5) is 8.78 Å². The van der Waals surface area contributed by atoms with E-state index in [-0.39, 0.29) is 0 Å². The maximum Gasteiger partial charge on any atom is 0.281 e. The van der Waals surface area contributed by atoms with Crippen molar-refractivity contribution < 1.29 is 18.7 Å². The minimum Gasteiger partial charge on any atom is -0.505 e. The summed E-state index contributed by atoms with van der Waals surface area (Å²) in [5.41, 5.74) is -1.34. The number of hydrogen-bond donors (Lipinski definition) is 1. The number of carbonyl (C=O) groups is 1. The average Bonchev–Trinajstić information content (AvgIpc) is 2.02. The zero-order valence-corrected chi connectivity index (χ0v) is 7.98. The first-order chi connectivity index (χ1) is 6.45. The third kappa shape index (κ3) is 1.93. The topological polar surface area (TPSA) is 50.2 Å². The molecule has 0 unspecified atom stereocenters. The predicted octanol–water partition coefficient (Wildman–Crippen LogP) is 2.76. The van der Waals surface area contributed by atoms with Crippen molar-refractivity contribution in [2.24, 2.45) is 0 Å². The van der Waals surface area contributed by atoms with Crippen molar-refractivity contribution in [3.8, 4) is 5.75 Å². The molecule has 0 radical (unpaired) electrons. The van der Waals surface area contributed by atoms with E-state index in [1.54, 1.807) is 0 Å².